The van der Waals surface area contributed by atoms with Crippen LogP contribution in [0, 0.1) is 16.2 Å². The van der Waals surface area contributed by atoms with Crippen molar-refractivity contribution in [3.8, 4) is 0 Å². The second-order valence-corrected chi connectivity index (χ2v) is 6.78. The summed E-state index contributed by atoms with van der Waals surface area (Å²) >= 11 is 0. The summed E-state index contributed by atoms with van der Waals surface area (Å²) in [5.41, 5.74) is -4.76. The molecule has 0 aromatic heterocycles. The maximum absolute atomic E-state index is 12.5. The summed E-state index contributed by atoms with van der Waals surface area (Å²) in [6.07, 6.45) is -0.580. The van der Waals surface area contributed by atoms with Crippen molar-refractivity contribution in [1.82, 2.24) is 0 Å². The molecular weight excluding hydrogens is 348 g/mol. The van der Waals surface area contributed by atoms with Crippen LogP contribution in [-0.2, 0) is 28.6 Å². The first-order valence-electron chi connectivity index (χ1n) is 8.18. The SMILES string of the molecule is CCC(CO)(CC(CO)(CC(C)(CO)C(=O)OC)C(=O)OC)C(=O)OC. The lowest BCUT2D eigenvalue weighted by molar-refractivity contribution is -0.174. The fraction of sp³-hybridized carbons (Fsp3) is 0.824. The molecule has 0 aliphatic carbocycles. The highest BCUT2D eigenvalue weighted by Crippen LogP contribution is 2.45. The first-order chi connectivity index (χ1) is 12.1. The monoisotopic (exact) mass is 378 g/mol. The first kappa shape index (κ1) is 24.3. The van der Waals surface area contributed by atoms with Crippen molar-refractivity contribution in [2.45, 2.75) is 33.1 Å². The number of aliphatic hydroxyl groups is 3. The molecule has 0 aliphatic heterocycles. The molecular formula is C17H30O9. The van der Waals surface area contributed by atoms with Crippen molar-refractivity contribution < 1.29 is 43.9 Å². The van der Waals surface area contributed by atoms with Crippen LogP contribution in [0.2, 0.25) is 0 Å². The quantitative estimate of drug-likeness (QED) is 0.325. The molecule has 26 heavy (non-hydrogen) atoms. The van der Waals surface area contributed by atoms with Gasteiger partial charge in [0.15, 0.2) is 0 Å². The lowest BCUT2D eigenvalue weighted by Gasteiger charge is -2.41. The van der Waals surface area contributed by atoms with Gasteiger partial charge in [-0.2, -0.15) is 0 Å². The smallest absolute Gasteiger partial charge is 0.314 e. The Labute approximate surface area is 153 Å². The molecule has 0 fully saturated rings. The highest BCUT2D eigenvalue weighted by Gasteiger charge is 2.54. The summed E-state index contributed by atoms with van der Waals surface area (Å²) in [4.78, 5) is 36.9. The standard InChI is InChI=1S/C17H30O9/c1-6-16(10-19,13(22)25-4)8-17(11-20,14(23)26-5)7-15(2,9-18)12(21)24-3/h18-20H,6-11H2,1-5H3. The maximum Gasteiger partial charge on any atom is 0.314 e. The van der Waals surface area contributed by atoms with E-state index in [0.29, 0.717) is 0 Å². The van der Waals surface area contributed by atoms with Crippen molar-refractivity contribution >= 4 is 17.9 Å². The molecule has 3 N–H and O–H groups in total. The molecule has 0 amide bonds. The van der Waals surface area contributed by atoms with Gasteiger partial charge in [0.1, 0.15) is 0 Å². The number of ether oxygens (including phenoxy) is 3. The van der Waals surface area contributed by atoms with E-state index in [1.54, 1.807) is 6.92 Å². The minimum absolute atomic E-state index is 0.114. The van der Waals surface area contributed by atoms with Crippen LogP contribution in [0.25, 0.3) is 0 Å². The van der Waals surface area contributed by atoms with Crippen molar-refractivity contribution in [1.29, 1.82) is 0 Å². The van der Waals surface area contributed by atoms with Gasteiger partial charge in [0.05, 0.1) is 57.4 Å². The first-order valence-corrected chi connectivity index (χ1v) is 8.18. The minimum atomic E-state index is -1.74. The van der Waals surface area contributed by atoms with Crippen LogP contribution < -0.4 is 0 Å². The van der Waals surface area contributed by atoms with E-state index in [9.17, 15) is 29.7 Å². The molecule has 0 saturated heterocycles. The Balaban J connectivity index is 6.25. The number of carbonyl (C=O) groups excluding carboxylic acids is 3. The maximum atomic E-state index is 12.5. The second kappa shape index (κ2) is 9.84. The van der Waals surface area contributed by atoms with Gasteiger partial charge in [-0.05, 0) is 26.2 Å². The number of esters is 3. The molecule has 0 saturated carbocycles. The predicted octanol–water partition coefficient (Wildman–Crippen LogP) is -0.348. The highest BCUT2D eigenvalue weighted by molar-refractivity contribution is 5.83. The molecule has 0 bridgehead atoms. The molecule has 0 aliphatic rings. The lowest BCUT2D eigenvalue weighted by atomic mass is 9.63. The van der Waals surface area contributed by atoms with Gasteiger partial charge >= 0.3 is 17.9 Å². The van der Waals surface area contributed by atoms with Crippen LogP contribution in [0.15, 0.2) is 0 Å². The van der Waals surface area contributed by atoms with Crippen molar-refractivity contribution in [3.05, 3.63) is 0 Å². The summed E-state index contributed by atoms with van der Waals surface area (Å²) in [5.74, 6) is -2.42. The Kier molecular flexibility index (Phi) is 9.19. The average molecular weight is 378 g/mol. The molecule has 9 nitrogen and oxygen atoms in total. The van der Waals surface area contributed by atoms with Crippen LogP contribution in [0.3, 0.4) is 0 Å². The Hall–Kier alpha value is -1.71. The van der Waals surface area contributed by atoms with Gasteiger partial charge in [-0.25, -0.2) is 0 Å². The summed E-state index contributed by atoms with van der Waals surface area (Å²) < 4.78 is 14.2. The Morgan fingerprint density at radius 2 is 1.15 bits per heavy atom. The van der Waals surface area contributed by atoms with Gasteiger partial charge in [0.2, 0.25) is 0 Å². The molecule has 9 heteroatoms. The van der Waals surface area contributed by atoms with E-state index in [-0.39, 0.29) is 19.3 Å². The van der Waals surface area contributed by atoms with Gasteiger partial charge in [-0.3, -0.25) is 14.4 Å². The van der Waals surface area contributed by atoms with E-state index in [0.717, 1.165) is 21.3 Å². The molecule has 0 rings (SSSR count). The normalized spacial score (nSPS) is 18.0. The van der Waals surface area contributed by atoms with E-state index >= 15 is 0 Å². The Morgan fingerprint density at radius 1 is 0.731 bits per heavy atom. The van der Waals surface area contributed by atoms with Gasteiger partial charge in [-0.15, -0.1) is 0 Å². The minimum Gasteiger partial charge on any atom is -0.469 e. The molecule has 0 spiro atoms. The van der Waals surface area contributed by atoms with E-state index in [1.807, 2.05) is 0 Å². The highest BCUT2D eigenvalue weighted by atomic mass is 16.5. The number of carbonyl (C=O) groups is 3. The zero-order valence-corrected chi connectivity index (χ0v) is 16.0. The summed E-state index contributed by atoms with van der Waals surface area (Å²) in [7, 11) is 3.38. The van der Waals surface area contributed by atoms with E-state index in [2.05, 4.69) is 4.74 Å². The summed E-state index contributed by atoms with van der Waals surface area (Å²) in [6, 6.07) is 0. The van der Waals surface area contributed by atoms with E-state index in [1.165, 1.54) is 6.92 Å². The Bertz CT molecular complexity index is 500. The van der Waals surface area contributed by atoms with E-state index < -0.39 is 54.0 Å². The molecule has 152 valence electrons. The number of aliphatic hydroxyl groups excluding tert-OH is 3. The van der Waals surface area contributed by atoms with Gasteiger partial charge in [0.25, 0.3) is 0 Å². The molecule has 3 atom stereocenters. The third-order valence-electron chi connectivity index (χ3n) is 4.95. The molecule has 3 unspecified atom stereocenters. The molecule has 0 aromatic rings. The number of hydrogen-bond donors (Lipinski definition) is 3. The van der Waals surface area contributed by atoms with Crippen molar-refractivity contribution in [2.75, 3.05) is 41.2 Å². The Morgan fingerprint density at radius 3 is 1.46 bits per heavy atom. The van der Waals surface area contributed by atoms with Crippen LogP contribution >= 0.6 is 0 Å². The van der Waals surface area contributed by atoms with Crippen LogP contribution in [-0.4, -0.2) is 74.4 Å². The predicted molar refractivity (Wildman–Crippen MR) is 89.8 cm³/mol. The van der Waals surface area contributed by atoms with Gasteiger partial charge < -0.3 is 29.5 Å². The second-order valence-electron chi connectivity index (χ2n) is 6.78. The van der Waals surface area contributed by atoms with E-state index in [4.69, 9.17) is 9.47 Å². The van der Waals surface area contributed by atoms with Crippen molar-refractivity contribution in [3.63, 3.8) is 0 Å². The van der Waals surface area contributed by atoms with Crippen molar-refractivity contribution in [2.24, 2.45) is 16.2 Å². The molecule has 0 radical (unpaired) electrons. The average Bonchev–Trinajstić information content (AvgIpc) is 2.68. The molecule has 0 aromatic carbocycles. The third-order valence-corrected chi connectivity index (χ3v) is 4.95. The fourth-order valence-electron chi connectivity index (χ4n) is 3.22. The van der Waals surface area contributed by atoms with Gasteiger partial charge in [-0.1, -0.05) is 6.92 Å². The zero-order valence-electron chi connectivity index (χ0n) is 16.0. The third kappa shape index (κ3) is 4.72. The number of rotatable bonds is 11. The fourth-order valence-corrected chi connectivity index (χ4v) is 3.22. The zero-order chi connectivity index (χ0) is 20.6. The van der Waals surface area contributed by atoms with Gasteiger partial charge in [0, 0.05) is 0 Å². The lowest BCUT2D eigenvalue weighted by Crippen LogP contribution is -2.50. The van der Waals surface area contributed by atoms with Crippen LogP contribution in [0.1, 0.15) is 33.1 Å². The summed E-state index contributed by atoms with van der Waals surface area (Å²) in [5, 5.41) is 29.6. The topological polar surface area (TPSA) is 140 Å². The number of methoxy groups -OCH3 is 3. The van der Waals surface area contributed by atoms with Crippen LogP contribution in [0.5, 0.6) is 0 Å². The number of hydrogen-bond acceptors (Lipinski definition) is 9. The molecule has 0 heterocycles. The largest absolute Gasteiger partial charge is 0.469 e. The van der Waals surface area contributed by atoms with Crippen LogP contribution in [0.4, 0.5) is 0 Å². The summed E-state index contributed by atoms with van der Waals surface area (Å²) in [6.45, 7) is 0.928.